The predicted molar refractivity (Wildman–Crippen MR) is 64.6 cm³/mol. The molecule has 2 aromatic rings. The lowest BCUT2D eigenvalue weighted by Gasteiger charge is -2.07. The Labute approximate surface area is 99.1 Å². The van der Waals surface area contributed by atoms with E-state index in [0.29, 0.717) is 24.7 Å². The van der Waals surface area contributed by atoms with Crippen molar-refractivity contribution in [2.75, 3.05) is 25.6 Å². The Morgan fingerprint density at radius 1 is 1.29 bits per heavy atom. The number of benzene rings is 1. The zero-order chi connectivity index (χ0) is 12.1. The Hall–Kier alpha value is -2.19. The third-order valence-electron chi connectivity index (χ3n) is 2.28. The minimum Gasteiger partial charge on any atom is -0.383 e. The lowest BCUT2D eigenvalue weighted by atomic mass is 10.3. The monoisotopic (exact) mass is 228 g/mol. The van der Waals surface area contributed by atoms with E-state index in [1.54, 1.807) is 7.11 Å². The smallest absolute Gasteiger partial charge is 0.183 e. The van der Waals surface area contributed by atoms with Gasteiger partial charge in [-0.1, -0.05) is 12.1 Å². The topological polar surface area (TPSA) is 70.8 Å². The summed E-state index contributed by atoms with van der Waals surface area (Å²) in [6.45, 7) is 1.15. The Kier molecular flexibility index (Phi) is 3.48. The van der Waals surface area contributed by atoms with Crippen LogP contribution in [0.3, 0.4) is 0 Å². The molecule has 0 aliphatic carbocycles. The molecular weight excluding hydrogens is 216 g/mol. The van der Waals surface area contributed by atoms with E-state index in [-0.39, 0.29) is 0 Å². The first-order chi connectivity index (χ1) is 8.35. The Morgan fingerprint density at radius 2 is 2.00 bits per heavy atom. The van der Waals surface area contributed by atoms with E-state index in [1.165, 1.54) is 0 Å². The first-order valence-corrected chi connectivity index (χ1v) is 5.25. The number of para-hydroxylation sites is 2. The molecule has 0 unspecified atom stereocenters. The van der Waals surface area contributed by atoms with Gasteiger partial charge in [-0.15, -0.1) is 0 Å². The molecule has 1 aromatic carbocycles. The summed E-state index contributed by atoms with van der Waals surface area (Å²) in [5.41, 5.74) is 1.80. The third kappa shape index (κ3) is 2.49. The van der Waals surface area contributed by atoms with Crippen LogP contribution in [-0.4, -0.2) is 30.2 Å². The quantitative estimate of drug-likeness (QED) is 0.804. The molecule has 5 heteroatoms. The minimum absolute atomic E-state index is 0.305. The van der Waals surface area contributed by atoms with Crippen molar-refractivity contribution < 1.29 is 4.74 Å². The Morgan fingerprint density at radius 3 is 2.65 bits per heavy atom. The molecule has 1 aromatic heterocycles. The fourth-order valence-electron chi connectivity index (χ4n) is 1.47. The maximum absolute atomic E-state index is 9.01. The van der Waals surface area contributed by atoms with Crippen molar-refractivity contribution >= 4 is 16.9 Å². The highest BCUT2D eigenvalue weighted by Gasteiger charge is 2.07. The van der Waals surface area contributed by atoms with Gasteiger partial charge in [-0.2, -0.15) is 5.26 Å². The number of hydrogen-bond donors (Lipinski definition) is 1. The molecular formula is C12H12N4O. The molecule has 0 atom stereocenters. The fraction of sp³-hybridized carbons (Fsp3) is 0.250. The van der Waals surface area contributed by atoms with Crippen molar-refractivity contribution in [1.29, 1.82) is 5.26 Å². The number of nitrogens with zero attached hydrogens (tertiary/aromatic N) is 3. The number of hydrogen-bond acceptors (Lipinski definition) is 5. The van der Waals surface area contributed by atoms with Crippen LogP contribution in [0.4, 0.5) is 5.82 Å². The van der Waals surface area contributed by atoms with Crippen molar-refractivity contribution in [2.24, 2.45) is 0 Å². The number of ether oxygens (including phenoxy) is 1. The highest BCUT2D eigenvalue weighted by molar-refractivity contribution is 5.77. The van der Waals surface area contributed by atoms with E-state index in [4.69, 9.17) is 10.00 Å². The highest BCUT2D eigenvalue weighted by Crippen LogP contribution is 2.15. The van der Waals surface area contributed by atoms with E-state index < -0.39 is 0 Å². The van der Waals surface area contributed by atoms with Crippen molar-refractivity contribution in [1.82, 2.24) is 9.97 Å². The normalized spacial score (nSPS) is 10.1. The van der Waals surface area contributed by atoms with Crippen molar-refractivity contribution in [3.05, 3.63) is 30.0 Å². The van der Waals surface area contributed by atoms with Crippen LogP contribution in [0.2, 0.25) is 0 Å². The molecule has 0 amide bonds. The SMILES string of the molecule is COCCNc1nc2ccccc2nc1C#N. The van der Waals surface area contributed by atoms with Gasteiger partial charge in [-0.3, -0.25) is 0 Å². The number of anilines is 1. The molecule has 0 spiro atoms. The molecule has 0 radical (unpaired) electrons. The van der Waals surface area contributed by atoms with Crippen LogP contribution in [0, 0.1) is 11.3 Å². The van der Waals surface area contributed by atoms with Crippen molar-refractivity contribution in [3.8, 4) is 6.07 Å². The second-order valence-corrected chi connectivity index (χ2v) is 3.44. The van der Waals surface area contributed by atoms with E-state index in [9.17, 15) is 0 Å². The fourth-order valence-corrected chi connectivity index (χ4v) is 1.47. The second kappa shape index (κ2) is 5.23. The van der Waals surface area contributed by atoms with E-state index in [2.05, 4.69) is 15.3 Å². The Balaban J connectivity index is 2.36. The summed E-state index contributed by atoms with van der Waals surface area (Å²) in [6.07, 6.45) is 0. The van der Waals surface area contributed by atoms with Gasteiger partial charge < -0.3 is 10.1 Å². The van der Waals surface area contributed by atoms with Crippen LogP contribution in [0.1, 0.15) is 5.69 Å². The molecule has 0 saturated carbocycles. The van der Waals surface area contributed by atoms with Crippen LogP contribution in [0.5, 0.6) is 0 Å². The van der Waals surface area contributed by atoms with Gasteiger partial charge in [0.05, 0.1) is 17.6 Å². The highest BCUT2D eigenvalue weighted by atomic mass is 16.5. The molecule has 2 rings (SSSR count). The number of fused-ring (bicyclic) bond motifs is 1. The van der Waals surface area contributed by atoms with Gasteiger partial charge >= 0.3 is 0 Å². The Bertz CT molecular complexity index is 562. The molecule has 0 bridgehead atoms. The molecule has 0 saturated heterocycles. The van der Waals surface area contributed by atoms with Gasteiger partial charge in [0, 0.05) is 13.7 Å². The number of rotatable bonds is 4. The molecule has 0 aliphatic heterocycles. The predicted octanol–water partition coefficient (Wildman–Crippen LogP) is 1.56. The summed E-state index contributed by atoms with van der Waals surface area (Å²) >= 11 is 0. The number of aromatic nitrogens is 2. The van der Waals surface area contributed by atoms with E-state index in [0.717, 1.165) is 11.0 Å². The van der Waals surface area contributed by atoms with Crippen LogP contribution in [0.25, 0.3) is 11.0 Å². The lowest BCUT2D eigenvalue weighted by Crippen LogP contribution is -2.11. The van der Waals surface area contributed by atoms with Crippen LogP contribution in [-0.2, 0) is 4.74 Å². The first-order valence-electron chi connectivity index (χ1n) is 5.25. The van der Waals surface area contributed by atoms with Crippen molar-refractivity contribution in [3.63, 3.8) is 0 Å². The second-order valence-electron chi connectivity index (χ2n) is 3.44. The third-order valence-corrected chi connectivity index (χ3v) is 2.28. The summed E-state index contributed by atoms with van der Waals surface area (Å²) in [6, 6.07) is 9.50. The standard InChI is InChI=1S/C12H12N4O/c1-17-7-6-14-12-11(8-13)15-9-4-2-3-5-10(9)16-12/h2-5H,6-7H2,1H3,(H,14,16). The molecule has 0 aliphatic rings. The molecule has 17 heavy (non-hydrogen) atoms. The van der Waals surface area contributed by atoms with Crippen LogP contribution >= 0.6 is 0 Å². The minimum atomic E-state index is 0.305. The summed E-state index contributed by atoms with van der Waals surface area (Å²) in [4.78, 5) is 8.61. The van der Waals surface area contributed by atoms with E-state index in [1.807, 2.05) is 30.3 Å². The van der Waals surface area contributed by atoms with Crippen LogP contribution < -0.4 is 5.32 Å². The average molecular weight is 228 g/mol. The van der Waals surface area contributed by atoms with Gasteiger partial charge in [-0.05, 0) is 12.1 Å². The van der Waals surface area contributed by atoms with Gasteiger partial charge in [0.25, 0.3) is 0 Å². The summed E-state index contributed by atoms with van der Waals surface area (Å²) < 4.78 is 4.93. The zero-order valence-corrected chi connectivity index (χ0v) is 9.47. The number of nitrogens with one attached hydrogen (secondary N) is 1. The van der Waals surface area contributed by atoms with E-state index >= 15 is 0 Å². The molecule has 5 nitrogen and oxygen atoms in total. The zero-order valence-electron chi connectivity index (χ0n) is 9.47. The number of nitriles is 1. The number of methoxy groups -OCH3 is 1. The van der Waals surface area contributed by atoms with Gasteiger partial charge in [0.15, 0.2) is 11.5 Å². The molecule has 1 N–H and O–H groups in total. The largest absolute Gasteiger partial charge is 0.383 e. The molecule has 86 valence electrons. The van der Waals surface area contributed by atoms with Gasteiger partial charge in [-0.25, -0.2) is 9.97 Å². The average Bonchev–Trinajstić information content (AvgIpc) is 2.38. The van der Waals surface area contributed by atoms with Crippen molar-refractivity contribution in [2.45, 2.75) is 0 Å². The maximum Gasteiger partial charge on any atom is 0.183 e. The molecule has 1 heterocycles. The van der Waals surface area contributed by atoms with Gasteiger partial charge in [0.1, 0.15) is 6.07 Å². The molecule has 0 fully saturated rings. The van der Waals surface area contributed by atoms with Gasteiger partial charge in [0.2, 0.25) is 0 Å². The maximum atomic E-state index is 9.01. The summed E-state index contributed by atoms with van der Waals surface area (Å²) in [7, 11) is 1.62. The summed E-state index contributed by atoms with van der Waals surface area (Å²) in [5.74, 6) is 0.503. The van der Waals surface area contributed by atoms with Crippen LogP contribution in [0.15, 0.2) is 24.3 Å². The summed E-state index contributed by atoms with van der Waals surface area (Å²) in [5, 5.41) is 12.0. The lowest BCUT2D eigenvalue weighted by molar-refractivity contribution is 0.210. The first kappa shape index (κ1) is 11.3.